The number of hydrogen-bond donors (Lipinski definition) is 6. The average Bonchev–Trinajstić information content (AvgIpc) is 3.37. The Kier molecular flexibility index (Phi) is 47.2. The zero-order valence-electron chi connectivity index (χ0n) is 45.2. The number of unbranched alkanes of at least 4 members (excludes halogenated alkanes) is 24. The molecule has 1 aliphatic rings. The van der Waals surface area contributed by atoms with Crippen LogP contribution in [0.25, 0.3) is 0 Å². The Morgan fingerprint density at radius 1 is 0.493 bits per heavy atom. The molecule has 0 aromatic carbocycles. The molecule has 1 saturated heterocycles. The normalized spacial score (nSPS) is 20.0. The molecule has 0 saturated carbocycles. The number of rotatable bonds is 48. The summed E-state index contributed by atoms with van der Waals surface area (Å²) < 4.78 is 11.3. The molecule has 1 amide bonds. The first kappa shape index (κ1) is 66.1. The molecule has 0 radical (unpaired) electrons. The minimum Gasteiger partial charge on any atom is -0.394 e. The maximum Gasteiger partial charge on any atom is 0.220 e. The minimum absolute atomic E-state index is 0.194. The quantitative estimate of drug-likeness (QED) is 0.0261. The van der Waals surface area contributed by atoms with E-state index in [-0.39, 0.29) is 12.5 Å². The number of aliphatic hydroxyl groups is 5. The summed E-state index contributed by atoms with van der Waals surface area (Å²) >= 11 is 0. The molecule has 0 bridgehead atoms. The van der Waals surface area contributed by atoms with Crippen LogP contribution >= 0.6 is 0 Å². The monoisotopic (exact) mass is 994 g/mol. The lowest BCUT2D eigenvalue weighted by Crippen LogP contribution is -2.60. The molecule has 7 unspecified atom stereocenters. The fraction of sp³-hybridized carbons (Fsp3) is 0.726. The second-order valence-corrected chi connectivity index (χ2v) is 19.7. The van der Waals surface area contributed by atoms with E-state index in [2.05, 4.69) is 104 Å². The molecule has 0 aliphatic carbocycles. The highest BCUT2D eigenvalue weighted by molar-refractivity contribution is 5.76. The second-order valence-electron chi connectivity index (χ2n) is 19.7. The van der Waals surface area contributed by atoms with E-state index in [1.807, 2.05) is 6.08 Å². The maximum absolute atomic E-state index is 13.1. The van der Waals surface area contributed by atoms with Crippen LogP contribution in [0.3, 0.4) is 0 Å². The Labute approximate surface area is 434 Å². The molecule has 1 heterocycles. The van der Waals surface area contributed by atoms with Crippen molar-refractivity contribution in [1.29, 1.82) is 0 Å². The fourth-order valence-corrected chi connectivity index (χ4v) is 8.59. The topological polar surface area (TPSA) is 149 Å². The first-order valence-electron chi connectivity index (χ1n) is 29.0. The van der Waals surface area contributed by atoms with Crippen LogP contribution in [-0.2, 0) is 14.3 Å². The van der Waals surface area contributed by atoms with Crippen molar-refractivity contribution in [3.05, 3.63) is 97.2 Å². The van der Waals surface area contributed by atoms with Crippen LogP contribution in [0.15, 0.2) is 97.2 Å². The number of aliphatic hydroxyl groups excluding tert-OH is 5. The van der Waals surface area contributed by atoms with E-state index in [1.165, 1.54) is 122 Å². The van der Waals surface area contributed by atoms with Gasteiger partial charge >= 0.3 is 0 Å². The summed E-state index contributed by atoms with van der Waals surface area (Å²) in [7, 11) is 0. The van der Waals surface area contributed by atoms with Crippen molar-refractivity contribution < 1.29 is 39.8 Å². The van der Waals surface area contributed by atoms with Gasteiger partial charge in [0, 0.05) is 6.42 Å². The van der Waals surface area contributed by atoms with Crippen LogP contribution in [0, 0.1) is 0 Å². The Balaban J connectivity index is 2.25. The third kappa shape index (κ3) is 40.2. The van der Waals surface area contributed by atoms with Crippen molar-refractivity contribution in [3.8, 4) is 0 Å². The molecule has 1 fully saturated rings. The van der Waals surface area contributed by atoms with Crippen LogP contribution < -0.4 is 5.32 Å². The number of carbonyl (C=O) groups excluding carboxylic acids is 1. The van der Waals surface area contributed by atoms with Crippen molar-refractivity contribution in [2.45, 2.75) is 275 Å². The van der Waals surface area contributed by atoms with Crippen molar-refractivity contribution in [2.24, 2.45) is 0 Å². The molecule has 0 aromatic heterocycles. The van der Waals surface area contributed by atoms with Crippen molar-refractivity contribution in [3.63, 3.8) is 0 Å². The van der Waals surface area contributed by atoms with Gasteiger partial charge in [-0.2, -0.15) is 0 Å². The summed E-state index contributed by atoms with van der Waals surface area (Å²) in [6.07, 6.45) is 66.1. The molecular formula is C62H107NO8. The first-order chi connectivity index (χ1) is 34.8. The average molecular weight is 995 g/mol. The van der Waals surface area contributed by atoms with Crippen LogP contribution in [-0.4, -0.2) is 87.5 Å². The van der Waals surface area contributed by atoms with E-state index in [0.717, 1.165) is 89.9 Å². The van der Waals surface area contributed by atoms with Gasteiger partial charge in [-0.3, -0.25) is 4.79 Å². The van der Waals surface area contributed by atoms with Gasteiger partial charge in [0.2, 0.25) is 5.91 Å². The van der Waals surface area contributed by atoms with E-state index in [1.54, 1.807) is 6.08 Å². The van der Waals surface area contributed by atoms with Gasteiger partial charge < -0.3 is 40.3 Å². The number of allylic oxidation sites excluding steroid dienone is 15. The van der Waals surface area contributed by atoms with Crippen LogP contribution in [0.5, 0.6) is 0 Å². The molecule has 1 rings (SSSR count). The maximum atomic E-state index is 13.1. The van der Waals surface area contributed by atoms with Crippen molar-refractivity contribution in [1.82, 2.24) is 5.32 Å². The summed E-state index contributed by atoms with van der Waals surface area (Å²) in [6, 6.07) is -0.831. The lowest BCUT2D eigenvalue weighted by molar-refractivity contribution is -0.302. The fourth-order valence-electron chi connectivity index (χ4n) is 8.59. The Morgan fingerprint density at radius 3 is 1.35 bits per heavy atom. The number of carbonyl (C=O) groups is 1. The van der Waals surface area contributed by atoms with E-state index in [0.29, 0.717) is 6.42 Å². The van der Waals surface area contributed by atoms with Gasteiger partial charge in [0.15, 0.2) is 6.29 Å². The number of nitrogens with one attached hydrogen (secondary N) is 1. The molecule has 6 N–H and O–H groups in total. The largest absolute Gasteiger partial charge is 0.394 e. The molecule has 9 heteroatoms. The molecular weight excluding hydrogens is 887 g/mol. The van der Waals surface area contributed by atoms with Crippen LogP contribution in [0.4, 0.5) is 0 Å². The third-order valence-corrected chi connectivity index (χ3v) is 13.1. The number of hydrogen-bond acceptors (Lipinski definition) is 8. The third-order valence-electron chi connectivity index (χ3n) is 13.1. The lowest BCUT2D eigenvalue weighted by Gasteiger charge is -2.40. The lowest BCUT2D eigenvalue weighted by atomic mass is 9.99. The first-order valence-corrected chi connectivity index (χ1v) is 29.0. The summed E-state index contributed by atoms with van der Waals surface area (Å²) in [5.41, 5.74) is 0. The van der Waals surface area contributed by atoms with Crippen molar-refractivity contribution in [2.75, 3.05) is 13.2 Å². The second kappa shape index (κ2) is 50.6. The molecule has 7 atom stereocenters. The minimum atomic E-state index is -1.58. The Hall–Kier alpha value is -2.89. The van der Waals surface area contributed by atoms with Crippen molar-refractivity contribution >= 4 is 5.91 Å². The van der Waals surface area contributed by atoms with Gasteiger partial charge in [0.1, 0.15) is 24.4 Å². The van der Waals surface area contributed by atoms with E-state index < -0.39 is 49.5 Å². The van der Waals surface area contributed by atoms with Gasteiger partial charge in [-0.25, -0.2) is 0 Å². The number of ether oxygens (including phenoxy) is 2. The summed E-state index contributed by atoms with van der Waals surface area (Å²) in [6.45, 7) is 3.65. The van der Waals surface area contributed by atoms with E-state index in [9.17, 15) is 30.3 Å². The van der Waals surface area contributed by atoms with E-state index in [4.69, 9.17) is 9.47 Å². The smallest absolute Gasteiger partial charge is 0.220 e. The molecule has 1 aliphatic heterocycles. The van der Waals surface area contributed by atoms with Gasteiger partial charge in [-0.15, -0.1) is 0 Å². The molecule has 9 nitrogen and oxygen atoms in total. The molecule has 0 aromatic rings. The van der Waals surface area contributed by atoms with Crippen LogP contribution in [0.1, 0.15) is 232 Å². The summed E-state index contributed by atoms with van der Waals surface area (Å²) in [5.74, 6) is -0.194. The Bertz CT molecular complexity index is 1430. The standard InChI is InChI=1S/C62H107NO8/c1-3-5-7-9-11-13-15-17-19-21-23-24-25-26-27-28-29-30-31-32-34-36-38-40-42-44-46-48-50-52-58(66)63-55(54-70-62-61(69)60(68)59(67)57(53-64)71-62)56(65)51-49-47-45-43-41-39-37-35-33-22-20-18-16-14-12-10-8-6-4-2/h5,7,11,13,17,19,23-24,26-27,29-30,41,43,49,51,55-57,59-62,64-65,67-69H,3-4,6,8-10,12,14-16,18,20-22,25,28,31-40,42,44-48,50,52-54H2,1-2H3,(H,63,66)/b7-5-,13-11-,19-17-,24-23-,27-26-,30-29-,43-41+,51-49+. The van der Waals surface area contributed by atoms with Gasteiger partial charge in [-0.1, -0.05) is 239 Å². The number of amides is 1. The highest BCUT2D eigenvalue weighted by Gasteiger charge is 2.44. The molecule has 408 valence electrons. The zero-order valence-corrected chi connectivity index (χ0v) is 45.2. The summed E-state index contributed by atoms with van der Waals surface area (Å²) in [4.78, 5) is 13.1. The highest BCUT2D eigenvalue weighted by Crippen LogP contribution is 2.23. The molecule has 0 spiro atoms. The van der Waals surface area contributed by atoms with Gasteiger partial charge in [0.25, 0.3) is 0 Å². The van der Waals surface area contributed by atoms with Gasteiger partial charge in [-0.05, 0) is 83.5 Å². The highest BCUT2D eigenvalue weighted by atomic mass is 16.7. The SMILES string of the molecule is CC/C=C\C/C=C\C/C=C\C/C=C\C/C=C\C/C=C\CCCCCCCCCCCCC(=O)NC(COC1OC(CO)C(O)C(O)C1O)C(O)/C=C/CC/C=C/CCCCCCCCCCCCCCC. The van der Waals surface area contributed by atoms with Gasteiger partial charge in [0.05, 0.1) is 25.4 Å². The summed E-state index contributed by atoms with van der Waals surface area (Å²) in [5, 5.41) is 54.5. The Morgan fingerprint density at radius 2 is 0.887 bits per heavy atom. The zero-order chi connectivity index (χ0) is 51.5. The molecule has 71 heavy (non-hydrogen) atoms. The van der Waals surface area contributed by atoms with E-state index >= 15 is 0 Å². The predicted octanol–water partition coefficient (Wildman–Crippen LogP) is 14.4. The predicted molar refractivity (Wildman–Crippen MR) is 299 cm³/mol. The van der Waals surface area contributed by atoms with Crippen LogP contribution in [0.2, 0.25) is 0 Å².